The van der Waals surface area contributed by atoms with Crippen LogP contribution in [0.4, 0.5) is 10.1 Å². The molecule has 0 fully saturated rings. The Balaban J connectivity index is 1.64. The van der Waals surface area contributed by atoms with Gasteiger partial charge in [-0.2, -0.15) is 0 Å². The molecule has 1 aromatic heterocycles. The van der Waals surface area contributed by atoms with E-state index in [1.807, 2.05) is 43.1 Å². The molecule has 25 heavy (non-hydrogen) atoms. The predicted octanol–water partition coefficient (Wildman–Crippen LogP) is 4.38. The molecular weight excluding hydrogens is 337 g/mol. The van der Waals surface area contributed by atoms with Gasteiger partial charge in [0.25, 0.3) is 0 Å². The van der Waals surface area contributed by atoms with Crippen LogP contribution in [0.5, 0.6) is 0 Å². The van der Waals surface area contributed by atoms with Crippen molar-refractivity contribution >= 4 is 33.1 Å². The van der Waals surface area contributed by atoms with Crippen molar-refractivity contribution in [3.05, 3.63) is 58.9 Å². The van der Waals surface area contributed by atoms with Gasteiger partial charge >= 0.3 is 0 Å². The Hall–Kier alpha value is -2.31. The monoisotopic (exact) mass is 357 g/mol. The number of aromatic nitrogens is 1. The third-order valence-electron chi connectivity index (χ3n) is 4.18. The third-order valence-corrected chi connectivity index (χ3v) is 5.38. The Morgan fingerprint density at radius 2 is 2.08 bits per heavy atom. The fourth-order valence-corrected chi connectivity index (χ4v) is 3.58. The normalized spacial score (nSPS) is 12.5. The highest BCUT2D eigenvalue weighted by atomic mass is 32.1. The summed E-state index contributed by atoms with van der Waals surface area (Å²) >= 11 is 1.63. The van der Waals surface area contributed by atoms with Crippen molar-refractivity contribution in [3.8, 4) is 0 Å². The number of carbonyl (C=O) groups excluding carboxylic acids is 1. The van der Waals surface area contributed by atoms with Crippen LogP contribution in [-0.4, -0.2) is 29.4 Å². The number of benzene rings is 2. The first kappa shape index (κ1) is 17.5. The number of nitrogens with one attached hydrogen (secondary N) is 1. The number of fused-ring (bicyclic) bond motifs is 1. The lowest BCUT2D eigenvalue weighted by molar-refractivity contribution is -0.117. The van der Waals surface area contributed by atoms with Crippen LogP contribution in [0.25, 0.3) is 10.2 Å². The zero-order valence-corrected chi connectivity index (χ0v) is 15.2. The van der Waals surface area contributed by atoms with E-state index in [9.17, 15) is 9.18 Å². The second kappa shape index (κ2) is 7.29. The van der Waals surface area contributed by atoms with Gasteiger partial charge in [0, 0.05) is 5.69 Å². The number of hydrogen-bond donors (Lipinski definition) is 1. The zero-order chi connectivity index (χ0) is 18.0. The fourth-order valence-electron chi connectivity index (χ4n) is 2.49. The number of para-hydroxylation sites is 1. The Labute approximate surface area is 150 Å². The first-order valence-electron chi connectivity index (χ1n) is 8.06. The number of aryl methyl sites for hydroxylation is 1. The van der Waals surface area contributed by atoms with E-state index in [0.717, 1.165) is 15.2 Å². The summed E-state index contributed by atoms with van der Waals surface area (Å²) in [7, 11) is 1.88. The van der Waals surface area contributed by atoms with Gasteiger partial charge in [-0.15, -0.1) is 11.3 Å². The van der Waals surface area contributed by atoms with Crippen LogP contribution in [0.15, 0.2) is 42.5 Å². The summed E-state index contributed by atoms with van der Waals surface area (Å²) in [4.78, 5) is 18.8. The highest BCUT2D eigenvalue weighted by Gasteiger charge is 2.18. The maximum atomic E-state index is 13.6. The molecule has 0 aliphatic carbocycles. The molecule has 1 N–H and O–H groups in total. The van der Waals surface area contributed by atoms with Gasteiger partial charge in [0.1, 0.15) is 10.8 Å². The number of anilines is 1. The van der Waals surface area contributed by atoms with E-state index in [1.54, 1.807) is 30.4 Å². The number of likely N-dealkylation sites (N-methyl/N-ethyl adjacent to an activating group) is 1. The first-order valence-corrected chi connectivity index (χ1v) is 8.87. The maximum Gasteiger partial charge on any atom is 0.238 e. The minimum atomic E-state index is -0.325. The number of rotatable bonds is 5. The third kappa shape index (κ3) is 4.03. The second-order valence-corrected chi connectivity index (χ2v) is 7.19. The summed E-state index contributed by atoms with van der Waals surface area (Å²) < 4.78 is 14.7. The number of hydrogen-bond acceptors (Lipinski definition) is 4. The molecule has 130 valence electrons. The summed E-state index contributed by atoms with van der Waals surface area (Å²) in [6.45, 7) is 3.91. The highest BCUT2D eigenvalue weighted by molar-refractivity contribution is 7.18. The SMILES string of the molecule is Cc1ccc(NC(=O)CN(C)C(C)c2nc3ccccc3s2)cc1F. The van der Waals surface area contributed by atoms with Crippen molar-refractivity contribution < 1.29 is 9.18 Å². The standard InChI is InChI=1S/C19H20FN3OS/c1-12-8-9-14(10-15(12)20)21-18(24)11-23(3)13(2)19-22-16-6-4-5-7-17(16)25-19/h4-10,13H,11H2,1-3H3,(H,21,24). The molecule has 3 rings (SSSR count). The van der Waals surface area contributed by atoms with E-state index in [2.05, 4.69) is 10.3 Å². The molecule has 0 spiro atoms. The van der Waals surface area contributed by atoms with Crippen LogP contribution < -0.4 is 5.32 Å². The number of nitrogens with zero attached hydrogens (tertiary/aromatic N) is 2. The summed E-state index contributed by atoms with van der Waals surface area (Å²) in [5.41, 5.74) is 2.00. The minimum absolute atomic E-state index is 0.0119. The van der Waals surface area contributed by atoms with Crippen molar-refractivity contribution in [3.63, 3.8) is 0 Å². The first-order chi connectivity index (χ1) is 11.9. The molecule has 1 atom stereocenters. The molecule has 0 bridgehead atoms. The smallest absolute Gasteiger partial charge is 0.238 e. The van der Waals surface area contributed by atoms with Gasteiger partial charge in [-0.3, -0.25) is 9.69 Å². The van der Waals surface area contributed by atoms with Crippen molar-refractivity contribution in [2.24, 2.45) is 0 Å². The predicted molar refractivity (Wildman–Crippen MR) is 100 cm³/mol. The molecule has 0 aliphatic rings. The van der Waals surface area contributed by atoms with Crippen LogP contribution in [-0.2, 0) is 4.79 Å². The number of halogens is 1. The summed E-state index contributed by atoms with van der Waals surface area (Å²) in [5.74, 6) is -0.507. The number of carbonyl (C=O) groups is 1. The van der Waals surface area contributed by atoms with Gasteiger partial charge in [0.15, 0.2) is 0 Å². The molecule has 1 heterocycles. The van der Waals surface area contributed by atoms with Crippen LogP contribution in [0.3, 0.4) is 0 Å². The van der Waals surface area contributed by atoms with Gasteiger partial charge in [-0.05, 0) is 50.7 Å². The lowest BCUT2D eigenvalue weighted by atomic mass is 10.2. The zero-order valence-electron chi connectivity index (χ0n) is 14.4. The van der Waals surface area contributed by atoms with E-state index in [4.69, 9.17) is 0 Å². The number of thiazole rings is 1. The van der Waals surface area contributed by atoms with Crippen molar-refractivity contribution in [2.75, 3.05) is 18.9 Å². The highest BCUT2D eigenvalue weighted by Crippen LogP contribution is 2.28. The Morgan fingerprint density at radius 1 is 1.32 bits per heavy atom. The molecule has 0 radical (unpaired) electrons. The minimum Gasteiger partial charge on any atom is -0.325 e. The van der Waals surface area contributed by atoms with Crippen LogP contribution in [0.2, 0.25) is 0 Å². The van der Waals surface area contributed by atoms with Crippen molar-refractivity contribution in [1.82, 2.24) is 9.88 Å². The van der Waals surface area contributed by atoms with E-state index >= 15 is 0 Å². The molecule has 3 aromatic rings. The van der Waals surface area contributed by atoms with E-state index < -0.39 is 0 Å². The van der Waals surface area contributed by atoms with Crippen LogP contribution >= 0.6 is 11.3 Å². The molecule has 2 aromatic carbocycles. The number of amides is 1. The Bertz CT molecular complexity index is 876. The second-order valence-electron chi connectivity index (χ2n) is 6.12. The molecule has 4 nitrogen and oxygen atoms in total. The largest absolute Gasteiger partial charge is 0.325 e. The van der Waals surface area contributed by atoms with Crippen molar-refractivity contribution in [2.45, 2.75) is 19.9 Å². The fraction of sp³-hybridized carbons (Fsp3) is 0.263. The summed E-state index contributed by atoms with van der Waals surface area (Å²) in [6.07, 6.45) is 0. The van der Waals surface area contributed by atoms with E-state index in [0.29, 0.717) is 11.3 Å². The Morgan fingerprint density at radius 3 is 2.80 bits per heavy atom. The van der Waals surface area contributed by atoms with Crippen LogP contribution in [0.1, 0.15) is 23.5 Å². The molecular formula is C19H20FN3OS. The van der Waals surface area contributed by atoms with E-state index in [1.165, 1.54) is 6.07 Å². The Kier molecular flexibility index (Phi) is 5.11. The van der Waals surface area contributed by atoms with Gasteiger partial charge in [0.05, 0.1) is 22.8 Å². The molecule has 6 heteroatoms. The maximum absolute atomic E-state index is 13.6. The molecule has 1 amide bonds. The quantitative estimate of drug-likeness (QED) is 0.737. The van der Waals surface area contributed by atoms with Gasteiger partial charge in [-0.1, -0.05) is 18.2 Å². The van der Waals surface area contributed by atoms with Crippen LogP contribution in [0, 0.1) is 12.7 Å². The van der Waals surface area contributed by atoms with E-state index in [-0.39, 0.29) is 24.3 Å². The molecule has 0 aliphatic heterocycles. The topological polar surface area (TPSA) is 45.2 Å². The molecule has 0 saturated heterocycles. The molecule has 0 saturated carbocycles. The summed E-state index contributed by atoms with van der Waals surface area (Å²) in [5, 5.41) is 3.71. The lowest BCUT2D eigenvalue weighted by Gasteiger charge is -2.22. The molecule has 1 unspecified atom stereocenters. The van der Waals surface area contributed by atoms with Crippen molar-refractivity contribution in [1.29, 1.82) is 0 Å². The summed E-state index contributed by atoms with van der Waals surface area (Å²) in [6, 6.07) is 12.7. The average molecular weight is 357 g/mol. The van der Waals surface area contributed by atoms with Gasteiger partial charge < -0.3 is 5.32 Å². The average Bonchev–Trinajstić information content (AvgIpc) is 3.01. The lowest BCUT2D eigenvalue weighted by Crippen LogP contribution is -2.32. The van der Waals surface area contributed by atoms with Gasteiger partial charge in [0.2, 0.25) is 5.91 Å². The van der Waals surface area contributed by atoms with Gasteiger partial charge in [-0.25, -0.2) is 9.37 Å².